The quantitative estimate of drug-likeness (QED) is 0.557. The highest BCUT2D eigenvalue weighted by molar-refractivity contribution is 7.99. The summed E-state index contributed by atoms with van der Waals surface area (Å²) >= 11 is 7.28. The molecule has 0 unspecified atom stereocenters. The van der Waals surface area contributed by atoms with Crippen molar-refractivity contribution in [1.82, 2.24) is 10.2 Å². The number of thioether (sulfide) groups is 1. The molecule has 1 aromatic heterocycles. The number of ether oxygens (including phenoxy) is 1. The van der Waals surface area contributed by atoms with Crippen molar-refractivity contribution in [3.05, 3.63) is 65.0 Å². The molecule has 3 aromatic rings. The summed E-state index contributed by atoms with van der Waals surface area (Å²) in [7, 11) is 0. The van der Waals surface area contributed by atoms with Crippen LogP contribution in [0.5, 0.6) is 5.75 Å². The number of anilines is 1. The fourth-order valence-electron chi connectivity index (χ4n) is 3.19. The van der Waals surface area contributed by atoms with Gasteiger partial charge in [-0.15, -0.1) is 10.2 Å². The van der Waals surface area contributed by atoms with E-state index in [-0.39, 0.29) is 24.3 Å². The van der Waals surface area contributed by atoms with Gasteiger partial charge in [-0.1, -0.05) is 53.7 Å². The van der Waals surface area contributed by atoms with Gasteiger partial charge in [-0.3, -0.25) is 4.79 Å². The van der Waals surface area contributed by atoms with Crippen LogP contribution >= 0.6 is 23.4 Å². The molecule has 2 aromatic carbocycles. The van der Waals surface area contributed by atoms with Gasteiger partial charge in [-0.25, -0.2) is 0 Å². The van der Waals surface area contributed by atoms with E-state index in [1.54, 1.807) is 12.1 Å². The molecule has 1 atom stereocenters. The van der Waals surface area contributed by atoms with Crippen LogP contribution in [0.25, 0.3) is 0 Å². The van der Waals surface area contributed by atoms with Crippen LogP contribution in [0.1, 0.15) is 18.4 Å². The summed E-state index contributed by atoms with van der Waals surface area (Å²) in [6, 6.07) is 15.3. The minimum Gasteiger partial charge on any atom is -0.482 e. The zero-order valence-electron chi connectivity index (χ0n) is 15.2. The lowest BCUT2D eigenvalue weighted by atomic mass is 10.1. The Kier molecular flexibility index (Phi) is 5.54. The Morgan fingerprint density at radius 2 is 2.04 bits per heavy atom. The highest BCUT2D eigenvalue weighted by Crippen LogP contribution is 2.32. The molecule has 1 amide bonds. The SMILES string of the molecule is C[C@H]1Cc2ccccc2N1C(=O)CSc1nnc(COc2ccccc2Cl)o1. The Labute approximate surface area is 171 Å². The van der Waals surface area contributed by atoms with E-state index >= 15 is 0 Å². The van der Waals surface area contributed by atoms with Crippen LogP contribution in [0.2, 0.25) is 5.02 Å². The lowest BCUT2D eigenvalue weighted by Crippen LogP contribution is -2.36. The summed E-state index contributed by atoms with van der Waals surface area (Å²) < 4.78 is 11.1. The third kappa shape index (κ3) is 4.00. The van der Waals surface area contributed by atoms with Crippen LogP contribution in [-0.4, -0.2) is 27.9 Å². The molecule has 0 saturated carbocycles. The van der Waals surface area contributed by atoms with Crippen molar-refractivity contribution in [2.45, 2.75) is 31.2 Å². The number of fused-ring (bicyclic) bond motifs is 1. The molecule has 1 aliphatic rings. The Balaban J connectivity index is 1.33. The first-order valence-electron chi connectivity index (χ1n) is 8.84. The van der Waals surface area contributed by atoms with Crippen molar-refractivity contribution in [3.8, 4) is 5.75 Å². The van der Waals surface area contributed by atoms with E-state index in [9.17, 15) is 4.79 Å². The van der Waals surface area contributed by atoms with Crippen molar-refractivity contribution in [2.75, 3.05) is 10.7 Å². The lowest BCUT2D eigenvalue weighted by molar-refractivity contribution is -0.116. The monoisotopic (exact) mass is 415 g/mol. The van der Waals surface area contributed by atoms with Crippen molar-refractivity contribution in [2.24, 2.45) is 0 Å². The van der Waals surface area contributed by atoms with Crippen molar-refractivity contribution >= 4 is 35.0 Å². The number of benzene rings is 2. The number of hydrogen-bond donors (Lipinski definition) is 0. The van der Waals surface area contributed by atoms with E-state index in [4.69, 9.17) is 20.8 Å². The first-order valence-corrected chi connectivity index (χ1v) is 10.2. The second kappa shape index (κ2) is 8.24. The minimum atomic E-state index is 0.0227. The summed E-state index contributed by atoms with van der Waals surface area (Å²) in [4.78, 5) is 14.6. The second-order valence-corrected chi connectivity index (χ2v) is 7.75. The number of carbonyl (C=O) groups is 1. The van der Waals surface area contributed by atoms with Crippen LogP contribution in [-0.2, 0) is 17.8 Å². The maximum absolute atomic E-state index is 12.7. The molecule has 0 spiro atoms. The molecule has 0 bridgehead atoms. The van der Waals surface area contributed by atoms with Crippen LogP contribution in [0, 0.1) is 0 Å². The number of para-hydroxylation sites is 2. The number of halogens is 1. The Morgan fingerprint density at radius 3 is 2.89 bits per heavy atom. The molecule has 0 N–H and O–H groups in total. The van der Waals surface area contributed by atoms with Gasteiger partial charge in [0.2, 0.25) is 5.91 Å². The fourth-order valence-corrected chi connectivity index (χ4v) is 4.02. The topological polar surface area (TPSA) is 68.5 Å². The van der Waals surface area contributed by atoms with Crippen molar-refractivity contribution < 1.29 is 13.9 Å². The van der Waals surface area contributed by atoms with Crippen LogP contribution in [0.3, 0.4) is 0 Å². The summed E-state index contributed by atoms with van der Waals surface area (Å²) in [6.07, 6.45) is 0.872. The van der Waals surface area contributed by atoms with Gasteiger partial charge in [0.1, 0.15) is 5.75 Å². The molecular weight excluding hydrogens is 398 g/mol. The number of hydrogen-bond acceptors (Lipinski definition) is 6. The predicted octanol–water partition coefficient (Wildman–Crippen LogP) is 4.37. The summed E-state index contributed by atoms with van der Waals surface area (Å²) in [5, 5.41) is 8.79. The molecule has 28 heavy (non-hydrogen) atoms. The van der Waals surface area contributed by atoms with Crippen LogP contribution < -0.4 is 9.64 Å². The number of rotatable bonds is 6. The molecular formula is C20H18ClN3O3S. The van der Waals surface area contributed by atoms with Gasteiger partial charge in [-0.2, -0.15) is 0 Å². The van der Waals surface area contributed by atoms with Crippen molar-refractivity contribution in [3.63, 3.8) is 0 Å². The highest BCUT2D eigenvalue weighted by Gasteiger charge is 2.30. The summed E-state index contributed by atoms with van der Waals surface area (Å²) in [5.41, 5.74) is 2.19. The van der Waals surface area contributed by atoms with E-state index in [0.717, 1.165) is 12.1 Å². The molecule has 0 saturated heterocycles. The molecule has 6 nitrogen and oxygen atoms in total. The maximum Gasteiger partial charge on any atom is 0.277 e. The van der Waals surface area contributed by atoms with Gasteiger partial charge in [0.15, 0.2) is 6.61 Å². The average molecular weight is 416 g/mol. The normalized spacial score (nSPS) is 15.5. The zero-order valence-corrected chi connectivity index (χ0v) is 16.7. The highest BCUT2D eigenvalue weighted by atomic mass is 35.5. The second-order valence-electron chi connectivity index (χ2n) is 6.42. The smallest absolute Gasteiger partial charge is 0.277 e. The molecule has 1 aliphatic heterocycles. The van der Waals surface area contributed by atoms with Gasteiger partial charge in [0, 0.05) is 11.7 Å². The maximum atomic E-state index is 12.7. The zero-order chi connectivity index (χ0) is 19.5. The van der Waals surface area contributed by atoms with Gasteiger partial charge >= 0.3 is 0 Å². The molecule has 144 valence electrons. The van der Waals surface area contributed by atoms with Gasteiger partial charge in [-0.05, 0) is 37.1 Å². The standard InChI is InChI=1S/C20H18ClN3O3S/c1-13-10-14-6-2-4-8-16(14)24(13)19(25)12-28-20-23-22-18(27-20)11-26-17-9-5-3-7-15(17)21/h2-9,13H,10-12H2,1H3/t13-/m0/s1. The van der Waals surface area contributed by atoms with Crippen molar-refractivity contribution in [1.29, 1.82) is 0 Å². The van der Waals surface area contributed by atoms with Gasteiger partial charge in [0.25, 0.3) is 11.1 Å². The van der Waals surface area contributed by atoms with Crippen LogP contribution in [0.15, 0.2) is 58.2 Å². The predicted molar refractivity (Wildman–Crippen MR) is 108 cm³/mol. The summed E-state index contributed by atoms with van der Waals surface area (Å²) in [5.74, 6) is 1.13. The summed E-state index contributed by atoms with van der Waals surface area (Å²) in [6.45, 7) is 2.17. The first-order chi connectivity index (χ1) is 13.6. The molecule has 2 heterocycles. The molecule has 8 heteroatoms. The minimum absolute atomic E-state index is 0.0227. The lowest BCUT2D eigenvalue weighted by Gasteiger charge is -2.22. The third-order valence-corrected chi connectivity index (χ3v) is 5.55. The number of amides is 1. The van der Waals surface area contributed by atoms with Gasteiger partial charge in [0.05, 0.1) is 10.8 Å². The number of nitrogens with zero attached hydrogens (tertiary/aromatic N) is 3. The average Bonchev–Trinajstić information content (AvgIpc) is 3.28. The largest absolute Gasteiger partial charge is 0.482 e. The van der Waals surface area contributed by atoms with E-state index in [0.29, 0.717) is 21.9 Å². The molecule has 0 radical (unpaired) electrons. The van der Waals surface area contributed by atoms with E-state index in [1.807, 2.05) is 35.2 Å². The van der Waals surface area contributed by atoms with Gasteiger partial charge < -0.3 is 14.1 Å². The van der Waals surface area contributed by atoms with E-state index < -0.39 is 0 Å². The molecule has 4 rings (SSSR count). The Morgan fingerprint density at radius 1 is 1.25 bits per heavy atom. The van der Waals surface area contributed by atoms with Crippen LogP contribution in [0.4, 0.5) is 5.69 Å². The van der Waals surface area contributed by atoms with E-state index in [2.05, 4.69) is 23.2 Å². The third-order valence-electron chi connectivity index (χ3n) is 4.43. The molecule has 0 aliphatic carbocycles. The fraction of sp³-hybridized carbons (Fsp3) is 0.250. The Bertz CT molecular complexity index is 994. The number of carbonyl (C=O) groups excluding carboxylic acids is 1. The Hall–Kier alpha value is -2.51. The molecule has 0 fully saturated rings. The first kappa shape index (κ1) is 18.8. The number of aromatic nitrogens is 2. The van der Waals surface area contributed by atoms with E-state index in [1.165, 1.54) is 17.3 Å².